The molecule has 0 radical (unpaired) electrons. The van der Waals surface area contributed by atoms with Crippen LogP contribution in [0.15, 0.2) is 53.9 Å². The van der Waals surface area contributed by atoms with Gasteiger partial charge in [0, 0.05) is 17.5 Å². The van der Waals surface area contributed by atoms with Gasteiger partial charge in [0.15, 0.2) is 5.13 Å². The summed E-state index contributed by atoms with van der Waals surface area (Å²) in [5, 5.41) is 2.57. The summed E-state index contributed by atoms with van der Waals surface area (Å²) < 4.78 is 0. The van der Waals surface area contributed by atoms with E-state index in [0.29, 0.717) is 11.7 Å². The Morgan fingerprint density at radius 3 is 2.35 bits per heavy atom. The monoisotopic (exact) mass is 281 g/mol. The lowest BCUT2D eigenvalue weighted by Gasteiger charge is -2.06. The minimum atomic E-state index is 0.552. The molecule has 1 aromatic heterocycles. The van der Waals surface area contributed by atoms with Crippen LogP contribution in [0.5, 0.6) is 0 Å². The smallest absolute Gasteiger partial charge is 0.180 e. The normalized spacial score (nSPS) is 10.7. The molecule has 4 heteroatoms. The van der Waals surface area contributed by atoms with Crippen molar-refractivity contribution in [1.82, 2.24) is 4.98 Å². The molecule has 3 aromatic rings. The Morgan fingerprint density at radius 1 is 0.950 bits per heavy atom. The van der Waals surface area contributed by atoms with Crippen LogP contribution in [0.2, 0.25) is 0 Å². The third-order valence-corrected chi connectivity index (χ3v) is 3.85. The number of nitrogen functional groups attached to an aromatic ring is 1. The molecule has 0 bridgehead atoms. The number of anilines is 1. The Bertz CT molecular complexity index is 734. The second kappa shape index (κ2) is 5.45. The van der Waals surface area contributed by atoms with E-state index in [1.165, 1.54) is 11.3 Å². The lowest BCUT2D eigenvalue weighted by molar-refractivity contribution is 1.07. The number of hydrogen-bond acceptors (Lipinski definition) is 4. The topological polar surface area (TPSA) is 64.9 Å². The Kier molecular flexibility index (Phi) is 3.50. The van der Waals surface area contributed by atoms with Crippen molar-refractivity contribution in [1.29, 1.82) is 0 Å². The fourth-order valence-electron chi connectivity index (χ4n) is 2.16. The molecule has 0 aliphatic carbocycles. The van der Waals surface area contributed by atoms with Crippen LogP contribution in [-0.2, 0) is 6.54 Å². The minimum absolute atomic E-state index is 0.552. The van der Waals surface area contributed by atoms with Crippen molar-refractivity contribution in [2.45, 2.75) is 6.54 Å². The van der Waals surface area contributed by atoms with E-state index in [-0.39, 0.29) is 0 Å². The third kappa shape index (κ3) is 2.57. The van der Waals surface area contributed by atoms with Crippen molar-refractivity contribution in [2.24, 2.45) is 5.73 Å². The molecule has 20 heavy (non-hydrogen) atoms. The van der Waals surface area contributed by atoms with Gasteiger partial charge < -0.3 is 11.5 Å². The van der Waals surface area contributed by atoms with Gasteiger partial charge in [0.25, 0.3) is 0 Å². The number of rotatable bonds is 3. The highest BCUT2D eigenvalue weighted by Crippen LogP contribution is 2.28. The van der Waals surface area contributed by atoms with Crippen molar-refractivity contribution in [2.75, 3.05) is 5.73 Å². The maximum Gasteiger partial charge on any atom is 0.180 e. The molecule has 1 heterocycles. The van der Waals surface area contributed by atoms with Crippen LogP contribution in [0.4, 0.5) is 5.13 Å². The highest BCUT2D eigenvalue weighted by molar-refractivity contribution is 7.13. The average molecular weight is 281 g/mol. The molecule has 0 spiro atoms. The SMILES string of the molecule is NCc1cccc(-c2cccc(-c3csc(N)n3)c2)c1. The first-order valence-electron chi connectivity index (χ1n) is 6.37. The summed E-state index contributed by atoms with van der Waals surface area (Å²) in [7, 11) is 0. The highest BCUT2D eigenvalue weighted by Gasteiger charge is 2.05. The van der Waals surface area contributed by atoms with Gasteiger partial charge in [-0.3, -0.25) is 0 Å². The summed E-state index contributed by atoms with van der Waals surface area (Å²) >= 11 is 1.46. The van der Waals surface area contributed by atoms with Gasteiger partial charge in [-0.1, -0.05) is 36.4 Å². The molecule has 2 aromatic carbocycles. The van der Waals surface area contributed by atoms with Crippen LogP contribution < -0.4 is 11.5 Å². The van der Waals surface area contributed by atoms with Crippen molar-refractivity contribution < 1.29 is 0 Å². The Morgan fingerprint density at radius 2 is 1.65 bits per heavy atom. The molecule has 0 saturated carbocycles. The predicted molar refractivity (Wildman–Crippen MR) is 85.3 cm³/mol. The third-order valence-electron chi connectivity index (χ3n) is 3.18. The van der Waals surface area contributed by atoms with E-state index >= 15 is 0 Å². The molecule has 3 rings (SSSR count). The standard InChI is InChI=1S/C16H15N3S/c17-9-11-3-1-4-12(7-11)13-5-2-6-14(8-13)15-10-20-16(18)19-15/h1-8,10H,9,17H2,(H2,18,19). The Balaban J connectivity index is 2.02. The van der Waals surface area contributed by atoms with Crippen molar-refractivity contribution in [3.63, 3.8) is 0 Å². The van der Waals surface area contributed by atoms with Crippen LogP contribution in [0, 0.1) is 0 Å². The van der Waals surface area contributed by atoms with E-state index < -0.39 is 0 Å². The summed E-state index contributed by atoms with van der Waals surface area (Å²) in [5.41, 5.74) is 16.8. The molecule has 0 aliphatic heterocycles. The van der Waals surface area contributed by atoms with E-state index in [1.807, 2.05) is 29.6 Å². The highest BCUT2D eigenvalue weighted by atomic mass is 32.1. The first kappa shape index (κ1) is 12.8. The number of benzene rings is 2. The van der Waals surface area contributed by atoms with Crippen molar-refractivity contribution >= 4 is 16.5 Å². The first-order valence-corrected chi connectivity index (χ1v) is 7.25. The first-order chi connectivity index (χ1) is 9.76. The van der Waals surface area contributed by atoms with Gasteiger partial charge in [-0.25, -0.2) is 4.98 Å². The fraction of sp³-hybridized carbons (Fsp3) is 0.0625. The maximum atomic E-state index is 5.70. The molecule has 100 valence electrons. The molecule has 0 saturated heterocycles. The van der Waals surface area contributed by atoms with E-state index in [2.05, 4.69) is 29.2 Å². The molecular formula is C16H15N3S. The van der Waals surface area contributed by atoms with E-state index in [9.17, 15) is 0 Å². The Labute approximate surface area is 121 Å². The molecule has 0 atom stereocenters. The molecule has 0 unspecified atom stereocenters. The fourth-order valence-corrected chi connectivity index (χ4v) is 2.73. The number of nitrogens with two attached hydrogens (primary N) is 2. The molecule has 0 aliphatic rings. The number of thiazole rings is 1. The van der Waals surface area contributed by atoms with E-state index in [1.54, 1.807) is 0 Å². The van der Waals surface area contributed by atoms with E-state index in [0.717, 1.165) is 27.9 Å². The second-order valence-electron chi connectivity index (χ2n) is 4.56. The second-order valence-corrected chi connectivity index (χ2v) is 5.45. The van der Waals surface area contributed by atoms with Crippen LogP contribution in [0.3, 0.4) is 0 Å². The molecule has 4 N–H and O–H groups in total. The van der Waals surface area contributed by atoms with Gasteiger partial charge in [-0.2, -0.15) is 0 Å². The largest absolute Gasteiger partial charge is 0.375 e. The quantitative estimate of drug-likeness (QED) is 0.772. The Hall–Kier alpha value is -2.17. The lowest BCUT2D eigenvalue weighted by atomic mass is 10.0. The van der Waals surface area contributed by atoms with Crippen LogP contribution >= 0.6 is 11.3 Å². The van der Waals surface area contributed by atoms with Crippen molar-refractivity contribution in [3.8, 4) is 22.4 Å². The number of hydrogen-bond donors (Lipinski definition) is 2. The average Bonchev–Trinajstić information content (AvgIpc) is 2.94. The van der Waals surface area contributed by atoms with Gasteiger partial charge in [0.1, 0.15) is 0 Å². The minimum Gasteiger partial charge on any atom is -0.375 e. The summed E-state index contributed by atoms with van der Waals surface area (Å²) in [4.78, 5) is 4.33. The summed E-state index contributed by atoms with van der Waals surface area (Å²) in [6.45, 7) is 0.552. The summed E-state index contributed by atoms with van der Waals surface area (Å²) in [6.07, 6.45) is 0. The zero-order chi connectivity index (χ0) is 13.9. The molecule has 0 fully saturated rings. The summed E-state index contributed by atoms with van der Waals surface area (Å²) in [6, 6.07) is 16.6. The van der Waals surface area contributed by atoms with Gasteiger partial charge in [0.05, 0.1) is 5.69 Å². The molecule has 0 amide bonds. The molecular weight excluding hydrogens is 266 g/mol. The zero-order valence-corrected chi connectivity index (χ0v) is 11.7. The maximum absolute atomic E-state index is 5.70. The number of nitrogens with zero attached hydrogens (tertiary/aromatic N) is 1. The summed E-state index contributed by atoms with van der Waals surface area (Å²) in [5.74, 6) is 0. The van der Waals surface area contributed by atoms with Crippen LogP contribution in [0.1, 0.15) is 5.56 Å². The van der Waals surface area contributed by atoms with Crippen LogP contribution in [-0.4, -0.2) is 4.98 Å². The van der Waals surface area contributed by atoms with Gasteiger partial charge >= 0.3 is 0 Å². The van der Waals surface area contributed by atoms with Gasteiger partial charge in [-0.15, -0.1) is 11.3 Å². The van der Waals surface area contributed by atoms with Crippen LogP contribution in [0.25, 0.3) is 22.4 Å². The zero-order valence-electron chi connectivity index (χ0n) is 10.9. The number of aromatic nitrogens is 1. The predicted octanol–water partition coefficient (Wildman–Crippen LogP) is 3.52. The van der Waals surface area contributed by atoms with Gasteiger partial charge in [-0.05, 0) is 28.8 Å². The molecule has 3 nitrogen and oxygen atoms in total. The van der Waals surface area contributed by atoms with E-state index in [4.69, 9.17) is 11.5 Å². The lowest BCUT2D eigenvalue weighted by Crippen LogP contribution is -1.95. The van der Waals surface area contributed by atoms with Gasteiger partial charge in [0.2, 0.25) is 0 Å². The van der Waals surface area contributed by atoms with Crippen molar-refractivity contribution in [3.05, 3.63) is 59.5 Å².